The van der Waals surface area contributed by atoms with Gasteiger partial charge >= 0.3 is 0 Å². The third-order valence-electron chi connectivity index (χ3n) is 4.39. The van der Waals surface area contributed by atoms with Gasteiger partial charge in [0.05, 0.1) is 17.8 Å². The summed E-state index contributed by atoms with van der Waals surface area (Å²) < 4.78 is 2.03. The normalized spacial score (nSPS) is 11.0. The van der Waals surface area contributed by atoms with Gasteiger partial charge in [-0.15, -0.1) is 0 Å². The highest BCUT2D eigenvalue weighted by Gasteiger charge is 2.19. The zero-order valence-corrected chi connectivity index (χ0v) is 14.7. The monoisotopic (exact) mass is 321 g/mol. The highest BCUT2D eigenvalue weighted by atomic mass is 16.2. The molecular formula is C20H23N3O. The van der Waals surface area contributed by atoms with E-state index < -0.39 is 0 Å². The van der Waals surface area contributed by atoms with Crippen LogP contribution < -0.4 is 4.90 Å². The molecule has 0 N–H and O–H groups in total. The number of carbonyl (C=O) groups excluding carboxylic acids is 1. The number of amides is 1. The van der Waals surface area contributed by atoms with Crippen molar-refractivity contribution in [3.05, 3.63) is 65.1 Å². The molecule has 0 unspecified atom stereocenters. The maximum atomic E-state index is 12.9. The summed E-state index contributed by atoms with van der Waals surface area (Å²) in [7, 11) is 0. The minimum Gasteiger partial charge on any atom is -0.312 e. The van der Waals surface area contributed by atoms with Gasteiger partial charge in [0.2, 0.25) is 5.91 Å². The molecule has 4 nitrogen and oxygen atoms in total. The van der Waals surface area contributed by atoms with Crippen LogP contribution in [0.2, 0.25) is 0 Å². The quantitative estimate of drug-likeness (QED) is 0.732. The molecule has 3 aromatic rings. The highest BCUT2D eigenvalue weighted by Crippen LogP contribution is 2.20. The van der Waals surface area contributed by atoms with Crippen LogP contribution in [0.3, 0.4) is 0 Å². The van der Waals surface area contributed by atoms with Gasteiger partial charge in [0, 0.05) is 18.4 Å². The average Bonchev–Trinajstić information content (AvgIpc) is 2.86. The minimum atomic E-state index is 0.0921. The van der Waals surface area contributed by atoms with Crippen LogP contribution >= 0.6 is 0 Å². The van der Waals surface area contributed by atoms with Crippen LogP contribution in [0.1, 0.15) is 29.4 Å². The lowest BCUT2D eigenvalue weighted by Gasteiger charge is -2.21. The first-order valence-electron chi connectivity index (χ1n) is 8.31. The van der Waals surface area contributed by atoms with E-state index in [0.29, 0.717) is 13.0 Å². The Morgan fingerprint density at radius 3 is 2.67 bits per heavy atom. The molecule has 3 rings (SSSR count). The predicted octanol–water partition coefficient (Wildman–Crippen LogP) is 3.86. The third-order valence-corrected chi connectivity index (χ3v) is 4.39. The Balaban J connectivity index is 1.94. The van der Waals surface area contributed by atoms with Gasteiger partial charge in [0.25, 0.3) is 0 Å². The Kier molecular flexibility index (Phi) is 4.38. The van der Waals surface area contributed by atoms with Crippen LogP contribution in [0.5, 0.6) is 0 Å². The van der Waals surface area contributed by atoms with E-state index in [1.807, 2.05) is 79.6 Å². The summed E-state index contributed by atoms with van der Waals surface area (Å²) in [6, 6.07) is 12.1. The molecule has 0 saturated carbocycles. The van der Waals surface area contributed by atoms with Gasteiger partial charge < -0.3 is 9.30 Å². The van der Waals surface area contributed by atoms with Gasteiger partial charge in [-0.25, -0.2) is 4.98 Å². The van der Waals surface area contributed by atoms with Gasteiger partial charge in [-0.2, -0.15) is 0 Å². The van der Waals surface area contributed by atoms with E-state index in [9.17, 15) is 4.79 Å². The number of anilines is 1. The number of hydrogen-bond acceptors (Lipinski definition) is 2. The van der Waals surface area contributed by atoms with Crippen LogP contribution in [0.15, 0.2) is 42.6 Å². The van der Waals surface area contributed by atoms with Crippen LogP contribution in [0, 0.1) is 20.8 Å². The van der Waals surface area contributed by atoms with Crippen molar-refractivity contribution in [3.63, 3.8) is 0 Å². The lowest BCUT2D eigenvalue weighted by Crippen LogP contribution is -2.32. The number of rotatable bonds is 4. The Morgan fingerprint density at radius 1 is 1.17 bits per heavy atom. The zero-order chi connectivity index (χ0) is 17.3. The van der Waals surface area contributed by atoms with Crippen molar-refractivity contribution in [3.8, 4) is 0 Å². The van der Waals surface area contributed by atoms with Crippen molar-refractivity contribution < 1.29 is 4.79 Å². The number of imidazole rings is 1. The molecule has 0 aliphatic heterocycles. The smallest absolute Gasteiger partial charge is 0.232 e. The molecule has 0 spiro atoms. The molecule has 1 amide bonds. The molecule has 0 aliphatic carbocycles. The fourth-order valence-electron chi connectivity index (χ4n) is 3.12. The van der Waals surface area contributed by atoms with E-state index in [2.05, 4.69) is 4.98 Å². The molecule has 0 saturated heterocycles. The number of carbonyl (C=O) groups is 1. The lowest BCUT2D eigenvalue weighted by atomic mass is 10.1. The van der Waals surface area contributed by atoms with Crippen molar-refractivity contribution in [2.45, 2.75) is 34.1 Å². The number of aryl methyl sites for hydroxylation is 3. The van der Waals surface area contributed by atoms with Gasteiger partial charge in [-0.05, 0) is 57.0 Å². The van der Waals surface area contributed by atoms with E-state index in [0.717, 1.165) is 33.8 Å². The van der Waals surface area contributed by atoms with E-state index in [1.54, 1.807) is 0 Å². The minimum absolute atomic E-state index is 0.0921. The maximum Gasteiger partial charge on any atom is 0.232 e. The first-order valence-corrected chi connectivity index (χ1v) is 8.31. The highest BCUT2D eigenvalue weighted by molar-refractivity contribution is 5.94. The van der Waals surface area contributed by atoms with Gasteiger partial charge in [-0.3, -0.25) is 4.79 Å². The molecule has 0 atom stereocenters. The fraction of sp³-hybridized carbons (Fsp3) is 0.300. The number of benzene rings is 1. The number of fused-ring (bicyclic) bond motifs is 1. The molecular weight excluding hydrogens is 298 g/mol. The topological polar surface area (TPSA) is 37.6 Å². The molecule has 0 radical (unpaired) electrons. The molecule has 2 aromatic heterocycles. The zero-order valence-electron chi connectivity index (χ0n) is 14.7. The van der Waals surface area contributed by atoms with E-state index in [-0.39, 0.29) is 5.91 Å². The summed E-state index contributed by atoms with van der Waals surface area (Å²) in [5, 5.41) is 0. The average molecular weight is 321 g/mol. The van der Waals surface area contributed by atoms with Crippen molar-refractivity contribution in [2.24, 2.45) is 0 Å². The van der Waals surface area contributed by atoms with Crippen LogP contribution in [0.4, 0.5) is 5.69 Å². The Hall–Kier alpha value is -2.62. The summed E-state index contributed by atoms with van der Waals surface area (Å²) in [6.45, 7) is 8.71. The summed E-state index contributed by atoms with van der Waals surface area (Å²) in [5.41, 5.74) is 6.02. The third kappa shape index (κ3) is 2.92. The van der Waals surface area contributed by atoms with Gasteiger partial charge in [0.1, 0.15) is 5.65 Å². The summed E-state index contributed by atoms with van der Waals surface area (Å²) >= 11 is 0. The SMILES string of the molecule is CCN(C(=O)Cc1c(C)nc2c(C)cccn12)c1cccc(C)c1. The standard InChI is InChI=1S/C20H23N3O/c1-5-22(17-10-6-8-14(2)12-17)19(24)13-18-16(4)21-20-15(3)9-7-11-23(18)20/h6-12H,5,13H2,1-4H3. The van der Waals surface area contributed by atoms with Crippen molar-refractivity contribution >= 4 is 17.2 Å². The molecule has 2 heterocycles. The molecule has 0 fully saturated rings. The molecule has 24 heavy (non-hydrogen) atoms. The first kappa shape index (κ1) is 16.2. The molecule has 0 aliphatic rings. The number of aromatic nitrogens is 2. The van der Waals surface area contributed by atoms with Crippen LogP contribution in [0.25, 0.3) is 5.65 Å². The van der Waals surface area contributed by atoms with E-state index in [4.69, 9.17) is 0 Å². The van der Waals surface area contributed by atoms with E-state index >= 15 is 0 Å². The second kappa shape index (κ2) is 6.48. The second-order valence-corrected chi connectivity index (χ2v) is 6.18. The van der Waals surface area contributed by atoms with Gasteiger partial charge in [-0.1, -0.05) is 18.2 Å². The Labute approximate surface area is 142 Å². The maximum absolute atomic E-state index is 12.9. The van der Waals surface area contributed by atoms with Crippen molar-refractivity contribution in [2.75, 3.05) is 11.4 Å². The van der Waals surface area contributed by atoms with Gasteiger partial charge in [0.15, 0.2) is 0 Å². The fourth-order valence-corrected chi connectivity index (χ4v) is 3.12. The first-order chi connectivity index (χ1) is 11.5. The number of pyridine rings is 1. The lowest BCUT2D eigenvalue weighted by molar-refractivity contribution is -0.118. The molecule has 4 heteroatoms. The number of nitrogens with zero attached hydrogens (tertiary/aromatic N) is 3. The number of hydrogen-bond donors (Lipinski definition) is 0. The Morgan fingerprint density at radius 2 is 1.96 bits per heavy atom. The Bertz CT molecular complexity index is 895. The molecule has 124 valence electrons. The summed E-state index contributed by atoms with van der Waals surface area (Å²) in [5.74, 6) is 0.0921. The molecule has 1 aromatic carbocycles. The van der Waals surface area contributed by atoms with E-state index in [1.165, 1.54) is 0 Å². The molecule has 0 bridgehead atoms. The summed E-state index contributed by atoms with van der Waals surface area (Å²) in [4.78, 5) is 19.4. The summed E-state index contributed by atoms with van der Waals surface area (Å²) in [6.07, 6.45) is 2.33. The van der Waals surface area contributed by atoms with Crippen molar-refractivity contribution in [1.29, 1.82) is 0 Å². The predicted molar refractivity (Wildman–Crippen MR) is 97.6 cm³/mol. The number of likely N-dealkylation sites (N-methyl/N-ethyl adjacent to an activating group) is 1. The van der Waals surface area contributed by atoms with Crippen LogP contribution in [-0.4, -0.2) is 21.8 Å². The largest absolute Gasteiger partial charge is 0.312 e. The van der Waals surface area contributed by atoms with Crippen LogP contribution in [-0.2, 0) is 11.2 Å². The van der Waals surface area contributed by atoms with Crippen molar-refractivity contribution in [1.82, 2.24) is 9.38 Å². The second-order valence-electron chi connectivity index (χ2n) is 6.18.